The molecule has 1 N–H and O–H groups in total. The lowest BCUT2D eigenvalue weighted by molar-refractivity contribution is 0.215. The van der Waals surface area contributed by atoms with Gasteiger partial charge in [-0.3, -0.25) is 4.98 Å². The highest BCUT2D eigenvalue weighted by Gasteiger charge is 2.15. The van der Waals surface area contributed by atoms with Gasteiger partial charge in [-0.2, -0.15) is 0 Å². The molecule has 1 unspecified atom stereocenters. The molecule has 0 aliphatic rings. The summed E-state index contributed by atoms with van der Waals surface area (Å²) < 4.78 is 6.56. The summed E-state index contributed by atoms with van der Waals surface area (Å²) in [6.07, 6.45) is 2.69. The Morgan fingerprint density at radius 3 is 2.65 bits per heavy atom. The minimum absolute atomic E-state index is 0.0804. The molecule has 0 aliphatic heterocycles. The lowest BCUT2D eigenvalue weighted by Crippen LogP contribution is -2.07. The molecule has 0 aliphatic carbocycles. The average molecular weight is 336 g/mol. The van der Waals surface area contributed by atoms with Crippen LogP contribution < -0.4 is 4.74 Å². The first-order valence-corrected chi connectivity index (χ1v) is 7.32. The molecule has 1 heterocycles. The van der Waals surface area contributed by atoms with Crippen LogP contribution in [0, 0.1) is 6.92 Å². The van der Waals surface area contributed by atoms with Crippen molar-refractivity contribution in [1.29, 1.82) is 0 Å². The van der Waals surface area contributed by atoms with Gasteiger partial charge in [-0.1, -0.05) is 22.0 Å². The molecule has 3 nitrogen and oxygen atoms in total. The zero-order chi connectivity index (χ0) is 14.7. The van der Waals surface area contributed by atoms with Crippen molar-refractivity contribution in [3.63, 3.8) is 0 Å². The summed E-state index contributed by atoms with van der Waals surface area (Å²) in [5, 5.41) is 10.5. The van der Waals surface area contributed by atoms with Crippen LogP contribution in [0.25, 0.3) is 0 Å². The molecular weight excluding hydrogens is 318 g/mol. The minimum atomic E-state index is -0.712. The van der Waals surface area contributed by atoms with Gasteiger partial charge in [0, 0.05) is 16.2 Å². The number of nitrogens with zero attached hydrogens (tertiary/aromatic N) is 1. The summed E-state index contributed by atoms with van der Waals surface area (Å²) in [5.74, 6) is 0.671. The predicted octanol–water partition coefficient (Wildman–Crippen LogP) is 4.02. The molecule has 2 rings (SSSR count). The molecule has 0 bridgehead atoms. The summed E-state index contributed by atoms with van der Waals surface area (Å²) >= 11 is 3.43. The molecule has 2 aromatic rings. The lowest BCUT2D eigenvalue weighted by Gasteiger charge is -2.16. The van der Waals surface area contributed by atoms with E-state index in [0.29, 0.717) is 5.75 Å². The fraction of sp³-hybridized carbons (Fsp3) is 0.312. The molecule has 106 valence electrons. The molecule has 0 saturated carbocycles. The van der Waals surface area contributed by atoms with Crippen LogP contribution in [-0.4, -0.2) is 16.2 Å². The topological polar surface area (TPSA) is 42.4 Å². The maximum Gasteiger partial charge on any atom is 0.138 e. The molecule has 20 heavy (non-hydrogen) atoms. The van der Waals surface area contributed by atoms with Crippen LogP contribution in [0.1, 0.15) is 36.6 Å². The lowest BCUT2D eigenvalue weighted by atomic mass is 9.99. The number of pyridine rings is 1. The summed E-state index contributed by atoms with van der Waals surface area (Å²) in [6, 6.07) is 7.70. The van der Waals surface area contributed by atoms with Crippen molar-refractivity contribution in [3.05, 3.63) is 57.8 Å². The van der Waals surface area contributed by atoms with Gasteiger partial charge < -0.3 is 9.84 Å². The first-order valence-electron chi connectivity index (χ1n) is 6.53. The maximum atomic E-state index is 10.5. The fourth-order valence-electron chi connectivity index (χ4n) is 2.01. The number of hydrogen-bond donors (Lipinski definition) is 1. The van der Waals surface area contributed by atoms with Gasteiger partial charge in [0.25, 0.3) is 0 Å². The van der Waals surface area contributed by atoms with E-state index in [9.17, 15) is 5.11 Å². The third kappa shape index (κ3) is 3.58. The first kappa shape index (κ1) is 15.0. The van der Waals surface area contributed by atoms with Gasteiger partial charge in [0.1, 0.15) is 11.9 Å². The number of rotatable bonds is 4. The monoisotopic (exact) mass is 335 g/mol. The normalized spacial score (nSPS) is 12.5. The van der Waals surface area contributed by atoms with Crippen LogP contribution >= 0.6 is 15.9 Å². The highest BCUT2D eigenvalue weighted by Crippen LogP contribution is 2.28. The Kier molecular flexibility index (Phi) is 4.78. The number of aliphatic hydroxyl groups excluding tert-OH is 1. The molecule has 1 aromatic carbocycles. The van der Waals surface area contributed by atoms with E-state index >= 15 is 0 Å². The number of benzene rings is 1. The quantitative estimate of drug-likeness (QED) is 0.917. The molecule has 0 amide bonds. The van der Waals surface area contributed by atoms with Crippen LogP contribution in [0.3, 0.4) is 0 Å². The van der Waals surface area contributed by atoms with Crippen molar-refractivity contribution in [3.8, 4) is 5.75 Å². The zero-order valence-corrected chi connectivity index (χ0v) is 13.4. The Morgan fingerprint density at radius 2 is 1.95 bits per heavy atom. The Bertz CT molecular complexity index is 599. The second kappa shape index (κ2) is 6.37. The third-order valence-electron chi connectivity index (χ3n) is 2.96. The summed E-state index contributed by atoms with van der Waals surface area (Å²) in [4.78, 5) is 4.14. The van der Waals surface area contributed by atoms with Gasteiger partial charge in [-0.05, 0) is 50.1 Å². The van der Waals surface area contributed by atoms with Gasteiger partial charge in [0.05, 0.1) is 12.3 Å². The van der Waals surface area contributed by atoms with E-state index < -0.39 is 6.10 Å². The molecule has 0 radical (unpaired) electrons. The van der Waals surface area contributed by atoms with E-state index in [0.717, 1.165) is 21.2 Å². The Labute approximate surface area is 127 Å². The standard InChI is InChI=1S/C16H18BrNO2/c1-10(2)20-14-6-12(8-18-9-14)16(19)15-7-13(17)5-4-11(15)3/h4-10,16,19H,1-3H3. The maximum absolute atomic E-state index is 10.5. The number of halogens is 1. The molecule has 1 atom stereocenters. The third-order valence-corrected chi connectivity index (χ3v) is 3.45. The molecule has 0 fully saturated rings. The van der Waals surface area contributed by atoms with E-state index in [1.807, 2.05) is 45.0 Å². The van der Waals surface area contributed by atoms with Crippen LogP contribution in [0.5, 0.6) is 5.75 Å². The fourth-order valence-corrected chi connectivity index (χ4v) is 2.39. The summed E-state index contributed by atoms with van der Waals surface area (Å²) in [5.41, 5.74) is 2.63. The molecular formula is C16H18BrNO2. The van der Waals surface area contributed by atoms with Crippen LogP contribution in [0.2, 0.25) is 0 Å². The SMILES string of the molecule is Cc1ccc(Br)cc1C(O)c1cncc(OC(C)C)c1. The van der Waals surface area contributed by atoms with Crippen molar-refractivity contribution in [2.45, 2.75) is 33.0 Å². The number of aryl methyl sites for hydroxylation is 1. The molecule has 0 spiro atoms. The van der Waals surface area contributed by atoms with Gasteiger partial charge in [0.2, 0.25) is 0 Å². The van der Waals surface area contributed by atoms with E-state index in [2.05, 4.69) is 20.9 Å². The van der Waals surface area contributed by atoms with Crippen LogP contribution in [-0.2, 0) is 0 Å². The Morgan fingerprint density at radius 1 is 1.20 bits per heavy atom. The van der Waals surface area contributed by atoms with Gasteiger partial charge in [-0.15, -0.1) is 0 Å². The number of aromatic nitrogens is 1. The van der Waals surface area contributed by atoms with Gasteiger partial charge in [-0.25, -0.2) is 0 Å². The zero-order valence-electron chi connectivity index (χ0n) is 11.8. The highest BCUT2D eigenvalue weighted by molar-refractivity contribution is 9.10. The van der Waals surface area contributed by atoms with E-state index in [1.54, 1.807) is 12.4 Å². The predicted molar refractivity (Wildman–Crippen MR) is 82.9 cm³/mol. The molecule has 1 aromatic heterocycles. The van der Waals surface area contributed by atoms with Crippen molar-refractivity contribution in [2.24, 2.45) is 0 Å². The van der Waals surface area contributed by atoms with Crippen molar-refractivity contribution < 1.29 is 9.84 Å². The summed E-state index contributed by atoms with van der Waals surface area (Å²) in [7, 11) is 0. The minimum Gasteiger partial charge on any atom is -0.489 e. The number of aliphatic hydroxyl groups is 1. The number of hydrogen-bond acceptors (Lipinski definition) is 3. The smallest absolute Gasteiger partial charge is 0.138 e. The van der Waals surface area contributed by atoms with E-state index in [-0.39, 0.29) is 6.10 Å². The first-order chi connectivity index (χ1) is 9.47. The molecule has 0 saturated heterocycles. The van der Waals surface area contributed by atoms with E-state index in [1.165, 1.54) is 0 Å². The van der Waals surface area contributed by atoms with Crippen LogP contribution in [0.4, 0.5) is 0 Å². The Balaban J connectivity index is 2.33. The van der Waals surface area contributed by atoms with Crippen molar-refractivity contribution in [1.82, 2.24) is 4.98 Å². The second-order valence-corrected chi connectivity index (χ2v) is 5.94. The molecule has 4 heteroatoms. The van der Waals surface area contributed by atoms with Crippen molar-refractivity contribution in [2.75, 3.05) is 0 Å². The van der Waals surface area contributed by atoms with E-state index in [4.69, 9.17) is 4.74 Å². The largest absolute Gasteiger partial charge is 0.489 e. The van der Waals surface area contributed by atoms with Crippen LogP contribution in [0.15, 0.2) is 41.1 Å². The summed E-state index contributed by atoms with van der Waals surface area (Å²) in [6.45, 7) is 5.90. The van der Waals surface area contributed by atoms with Crippen molar-refractivity contribution >= 4 is 15.9 Å². The Hall–Kier alpha value is -1.39. The van der Waals surface area contributed by atoms with Gasteiger partial charge >= 0.3 is 0 Å². The van der Waals surface area contributed by atoms with Gasteiger partial charge in [0.15, 0.2) is 0 Å². The highest BCUT2D eigenvalue weighted by atomic mass is 79.9. The average Bonchev–Trinajstić information content (AvgIpc) is 2.40. The number of ether oxygens (including phenoxy) is 1. The second-order valence-electron chi connectivity index (χ2n) is 5.02.